The highest BCUT2D eigenvalue weighted by Gasteiger charge is 2.03. The number of halogens is 1. The Morgan fingerprint density at radius 3 is 1.86 bits per heavy atom. The first-order chi connectivity index (χ1) is 3.35. The maximum Gasteiger partial charge on any atom is 0.144 e. The van der Waals surface area contributed by atoms with Gasteiger partial charge in [-0.3, -0.25) is 0 Å². The van der Waals surface area contributed by atoms with Crippen molar-refractivity contribution < 1.29 is 19.7 Å². The molecule has 0 saturated heterocycles. The van der Waals surface area contributed by atoms with E-state index < -0.39 is 19.3 Å². The second-order valence-corrected chi connectivity index (χ2v) is 1.08. The zero-order chi connectivity index (χ0) is 5.70. The highest BCUT2D eigenvalue weighted by Crippen LogP contribution is 1.86. The number of aliphatic hydroxyl groups is 2. The van der Waals surface area contributed by atoms with Gasteiger partial charge in [0.25, 0.3) is 0 Å². The predicted molar refractivity (Wildman–Crippen MR) is 20.2 cm³/mol. The van der Waals surface area contributed by atoms with Crippen molar-refractivity contribution >= 4 is 0 Å². The van der Waals surface area contributed by atoms with Crippen LogP contribution in [-0.2, 0) is 4.94 Å². The minimum Gasteiger partial charge on any atom is -0.393 e. The molecule has 0 spiro atoms. The highest BCUT2D eigenvalue weighted by atomic mass is 19.3. The minimum atomic E-state index is -1.07. The summed E-state index contributed by atoms with van der Waals surface area (Å²) in [5.41, 5.74) is 0. The lowest BCUT2D eigenvalue weighted by Gasteiger charge is -2.00. The maximum absolute atomic E-state index is 10.8. The summed E-state index contributed by atoms with van der Waals surface area (Å²) in [6, 6.07) is 0. The first kappa shape index (κ1) is 6.81. The van der Waals surface area contributed by atoms with Gasteiger partial charge in [-0.1, -0.05) is 0 Å². The molecular weight excluding hydrogens is 103 g/mol. The third-order valence-corrected chi connectivity index (χ3v) is 0.533. The molecule has 7 heavy (non-hydrogen) atoms. The minimum absolute atomic E-state index is 0.493. The molecule has 0 aliphatic heterocycles. The molecule has 0 heterocycles. The molecule has 0 amide bonds. The summed E-state index contributed by atoms with van der Waals surface area (Å²) in [5.74, 6) is 0. The van der Waals surface area contributed by atoms with Crippen LogP contribution in [0.2, 0.25) is 0 Å². The van der Waals surface area contributed by atoms with E-state index in [0.29, 0.717) is 0 Å². The zero-order valence-corrected chi connectivity index (χ0v) is 3.67. The van der Waals surface area contributed by atoms with Crippen LogP contribution in [0.4, 0.5) is 4.53 Å². The fraction of sp³-hybridized carbons (Fsp3) is 1.00. The van der Waals surface area contributed by atoms with Crippen LogP contribution in [0.15, 0.2) is 0 Å². The van der Waals surface area contributed by atoms with E-state index in [0.717, 1.165) is 0 Å². The second-order valence-electron chi connectivity index (χ2n) is 1.08. The van der Waals surface area contributed by atoms with Gasteiger partial charge in [-0.25, -0.2) is 0 Å². The van der Waals surface area contributed by atoms with E-state index in [1.54, 1.807) is 0 Å². The molecule has 0 aromatic heterocycles. The Hall–Kier alpha value is -0.190. The largest absolute Gasteiger partial charge is 0.393 e. The average Bonchev–Trinajstić information content (AvgIpc) is 1.72. The van der Waals surface area contributed by atoms with E-state index >= 15 is 0 Å². The molecule has 0 saturated carbocycles. The quantitative estimate of drug-likeness (QED) is 0.502. The summed E-state index contributed by atoms with van der Waals surface area (Å²) in [4.78, 5) is 3.05. The van der Waals surface area contributed by atoms with Crippen molar-refractivity contribution in [3.05, 3.63) is 0 Å². The van der Waals surface area contributed by atoms with Crippen LogP contribution < -0.4 is 0 Å². The first-order valence-corrected chi connectivity index (χ1v) is 1.84. The van der Waals surface area contributed by atoms with Gasteiger partial charge in [-0.15, -0.1) is 0 Å². The third-order valence-electron chi connectivity index (χ3n) is 0.533. The van der Waals surface area contributed by atoms with E-state index in [9.17, 15) is 4.53 Å². The van der Waals surface area contributed by atoms with Gasteiger partial charge in [0.2, 0.25) is 0 Å². The molecule has 0 bridgehead atoms. The van der Waals surface area contributed by atoms with Gasteiger partial charge < -0.3 is 10.2 Å². The Balaban J connectivity index is 2.99. The lowest BCUT2D eigenvalue weighted by Crippen LogP contribution is -2.17. The number of rotatable bonds is 3. The van der Waals surface area contributed by atoms with Crippen molar-refractivity contribution in [3.8, 4) is 0 Å². The second kappa shape index (κ2) is 3.98. The SMILES string of the molecule is OCC(CO)OF. The summed E-state index contributed by atoms with van der Waals surface area (Å²) in [6.45, 7) is -0.986. The molecule has 0 rings (SSSR count). The van der Waals surface area contributed by atoms with Crippen LogP contribution in [0, 0.1) is 0 Å². The molecular formula is C3H7FO3. The fourth-order valence-corrected chi connectivity index (χ4v) is 0.114. The van der Waals surface area contributed by atoms with Crippen LogP contribution in [0.5, 0.6) is 0 Å². The van der Waals surface area contributed by atoms with Crippen LogP contribution in [-0.4, -0.2) is 29.5 Å². The van der Waals surface area contributed by atoms with Crippen molar-refractivity contribution in [2.45, 2.75) is 6.10 Å². The average molecular weight is 110 g/mol. The molecule has 0 fully saturated rings. The molecule has 0 unspecified atom stereocenters. The molecule has 0 aliphatic carbocycles. The van der Waals surface area contributed by atoms with E-state index in [1.807, 2.05) is 0 Å². The summed E-state index contributed by atoms with van der Waals surface area (Å²) in [7, 11) is 0. The maximum atomic E-state index is 10.8. The molecule has 4 heteroatoms. The highest BCUT2D eigenvalue weighted by molar-refractivity contribution is 4.46. The molecule has 0 aromatic rings. The summed E-state index contributed by atoms with van der Waals surface area (Å²) >= 11 is 0. The Kier molecular flexibility index (Phi) is 3.87. The molecule has 0 aromatic carbocycles. The Morgan fingerprint density at radius 1 is 1.43 bits per heavy atom. The van der Waals surface area contributed by atoms with Gasteiger partial charge in [-0.05, 0) is 4.53 Å². The number of aliphatic hydroxyl groups excluding tert-OH is 2. The molecule has 2 N–H and O–H groups in total. The topological polar surface area (TPSA) is 49.7 Å². The van der Waals surface area contributed by atoms with Gasteiger partial charge in [-0.2, -0.15) is 4.94 Å². The van der Waals surface area contributed by atoms with Gasteiger partial charge in [0.1, 0.15) is 6.10 Å². The Morgan fingerprint density at radius 2 is 1.86 bits per heavy atom. The van der Waals surface area contributed by atoms with Crippen molar-refractivity contribution in [1.29, 1.82) is 0 Å². The molecule has 44 valence electrons. The van der Waals surface area contributed by atoms with Crippen molar-refractivity contribution in [1.82, 2.24) is 0 Å². The molecule has 3 nitrogen and oxygen atoms in total. The lowest BCUT2D eigenvalue weighted by molar-refractivity contribution is -0.200. The standard InChI is InChI=1S/C3H7FO3/c4-7-3(1-5)2-6/h3,5-6H,1-2H2. The van der Waals surface area contributed by atoms with Crippen LogP contribution in [0.3, 0.4) is 0 Å². The van der Waals surface area contributed by atoms with E-state index in [1.165, 1.54) is 0 Å². The monoisotopic (exact) mass is 110 g/mol. The van der Waals surface area contributed by atoms with Gasteiger partial charge in [0, 0.05) is 0 Å². The normalized spacial score (nSPS) is 10.3. The van der Waals surface area contributed by atoms with E-state index in [-0.39, 0.29) is 0 Å². The smallest absolute Gasteiger partial charge is 0.144 e. The zero-order valence-electron chi connectivity index (χ0n) is 3.67. The first-order valence-electron chi connectivity index (χ1n) is 1.84. The summed E-state index contributed by atoms with van der Waals surface area (Å²) in [6.07, 6.45) is -1.07. The van der Waals surface area contributed by atoms with Gasteiger partial charge in [0.15, 0.2) is 0 Å². The third kappa shape index (κ3) is 2.50. The number of hydrogen-bond acceptors (Lipinski definition) is 3. The predicted octanol–water partition coefficient (Wildman–Crippen LogP) is -0.759. The van der Waals surface area contributed by atoms with Gasteiger partial charge >= 0.3 is 0 Å². The van der Waals surface area contributed by atoms with Crippen molar-refractivity contribution in [3.63, 3.8) is 0 Å². The van der Waals surface area contributed by atoms with Crippen molar-refractivity contribution in [2.75, 3.05) is 13.2 Å². The van der Waals surface area contributed by atoms with Gasteiger partial charge in [0.05, 0.1) is 13.2 Å². The van der Waals surface area contributed by atoms with Crippen LogP contribution in [0.25, 0.3) is 0 Å². The Labute approximate surface area is 40.2 Å². The Bertz CT molecular complexity index is 31.7. The van der Waals surface area contributed by atoms with E-state index in [2.05, 4.69) is 4.94 Å². The lowest BCUT2D eigenvalue weighted by atomic mass is 10.4. The molecule has 0 atom stereocenters. The van der Waals surface area contributed by atoms with Crippen molar-refractivity contribution in [2.24, 2.45) is 0 Å². The van der Waals surface area contributed by atoms with Crippen LogP contribution >= 0.6 is 0 Å². The number of hydrogen-bond donors (Lipinski definition) is 2. The molecule has 0 radical (unpaired) electrons. The fourth-order valence-electron chi connectivity index (χ4n) is 0.114. The van der Waals surface area contributed by atoms with E-state index in [4.69, 9.17) is 10.2 Å². The summed E-state index contributed by atoms with van der Waals surface area (Å²) in [5, 5.41) is 16.0. The molecule has 0 aliphatic rings. The van der Waals surface area contributed by atoms with Crippen LogP contribution in [0.1, 0.15) is 0 Å². The summed E-state index contributed by atoms with van der Waals surface area (Å²) < 4.78 is 10.8.